The lowest BCUT2D eigenvalue weighted by Gasteiger charge is -2.18. The van der Waals surface area contributed by atoms with Crippen molar-refractivity contribution < 1.29 is 28.5 Å². The zero-order valence-electron chi connectivity index (χ0n) is 14.2. The molecule has 7 heteroatoms. The fraction of sp³-hybridized carbons (Fsp3) is 0.316. The van der Waals surface area contributed by atoms with E-state index in [-0.39, 0.29) is 12.5 Å². The Morgan fingerprint density at radius 1 is 0.846 bits per heavy atom. The van der Waals surface area contributed by atoms with E-state index in [9.17, 15) is 4.79 Å². The highest BCUT2D eigenvalue weighted by Gasteiger charge is 2.14. The number of fused-ring (bicyclic) bond motifs is 2. The zero-order chi connectivity index (χ0) is 17.8. The molecule has 26 heavy (non-hydrogen) atoms. The van der Waals surface area contributed by atoms with Crippen LogP contribution < -0.4 is 29.0 Å². The first-order valence-corrected chi connectivity index (χ1v) is 8.50. The van der Waals surface area contributed by atoms with Crippen molar-refractivity contribution in [2.75, 3.05) is 38.4 Å². The summed E-state index contributed by atoms with van der Waals surface area (Å²) in [5, 5.41) is 2.79. The summed E-state index contributed by atoms with van der Waals surface area (Å²) < 4.78 is 27.7. The van der Waals surface area contributed by atoms with Gasteiger partial charge in [-0.2, -0.15) is 0 Å². The number of ether oxygens (including phenoxy) is 5. The lowest BCUT2D eigenvalue weighted by atomic mass is 10.2. The van der Waals surface area contributed by atoms with Gasteiger partial charge in [-0.1, -0.05) is 0 Å². The van der Waals surface area contributed by atoms with Gasteiger partial charge in [0, 0.05) is 24.2 Å². The third kappa shape index (κ3) is 3.77. The average Bonchev–Trinajstić information content (AvgIpc) is 2.91. The Bertz CT molecular complexity index is 807. The molecule has 0 radical (unpaired) electrons. The summed E-state index contributed by atoms with van der Waals surface area (Å²) >= 11 is 0. The Hall–Kier alpha value is -3.09. The normalized spacial score (nSPS) is 14.9. The van der Waals surface area contributed by atoms with E-state index in [1.165, 1.54) is 0 Å². The van der Waals surface area contributed by atoms with Crippen molar-refractivity contribution >= 4 is 11.6 Å². The maximum Gasteiger partial charge on any atom is 0.262 e. The van der Waals surface area contributed by atoms with Gasteiger partial charge in [0.05, 0.1) is 13.2 Å². The maximum absolute atomic E-state index is 12.1. The second kappa shape index (κ2) is 7.43. The second-order valence-electron chi connectivity index (χ2n) is 5.85. The van der Waals surface area contributed by atoms with Crippen LogP contribution in [0.4, 0.5) is 5.69 Å². The highest BCUT2D eigenvalue weighted by atomic mass is 16.6. The Morgan fingerprint density at radius 2 is 1.50 bits per heavy atom. The minimum Gasteiger partial charge on any atom is -0.490 e. The molecule has 7 nitrogen and oxygen atoms in total. The summed E-state index contributed by atoms with van der Waals surface area (Å²) in [4.78, 5) is 12.1. The van der Waals surface area contributed by atoms with Gasteiger partial charge >= 0.3 is 0 Å². The molecule has 0 unspecified atom stereocenters. The van der Waals surface area contributed by atoms with Crippen LogP contribution >= 0.6 is 0 Å². The molecule has 2 aromatic carbocycles. The van der Waals surface area contributed by atoms with E-state index in [0.29, 0.717) is 60.9 Å². The predicted molar refractivity (Wildman–Crippen MR) is 93.6 cm³/mol. The zero-order valence-corrected chi connectivity index (χ0v) is 14.2. The SMILES string of the molecule is O=C(COc1ccc2c(c1)OCCO2)Nc1ccc2c(c1)OCCCO2. The first-order valence-electron chi connectivity index (χ1n) is 8.50. The van der Waals surface area contributed by atoms with Crippen LogP contribution in [0.15, 0.2) is 36.4 Å². The van der Waals surface area contributed by atoms with E-state index in [1.807, 2.05) is 0 Å². The van der Waals surface area contributed by atoms with Gasteiger partial charge in [0.15, 0.2) is 29.6 Å². The van der Waals surface area contributed by atoms with Crippen molar-refractivity contribution in [3.05, 3.63) is 36.4 Å². The number of hydrogen-bond donors (Lipinski definition) is 1. The van der Waals surface area contributed by atoms with E-state index in [1.54, 1.807) is 36.4 Å². The number of anilines is 1. The summed E-state index contributed by atoms with van der Waals surface area (Å²) in [6, 6.07) is 10.5. The highest BCUT2D eigenvalue weighted by molar-refractivity contribution is 5.92. The van der Waals surface area contributed by atoms with Gasteiger partial charge in [0.2, 0.25) is 0 Å². The Morgan fingerprint density at radius 3 is 2.35 bits per heavy atom. The second-order valence-corrected chi connectivity index (χ2v) is 5.85. The largest absolute Gasteiger partial charge is 0.490 e. The molecule has 0 saturated heterocycles. The van der Waals surface area contributed by atoms with Crippen molar-refractivity contribution in [2.24, 2.45) is 0 Å². The van der Waals surface area contributed by atoms with Crippen LogP contribution in [-0.2, 0) is 4.79 Å². The van der Waals surface area contributed by atoms with E-state index in [0.717, 1.165) is 6.42 Å². The van der Waals surface area contributed by atoms with Crippen molar-refractivity contribution in [3.63, 3.8) is 0 Å². The fourth-order valence-corrected chi connectivity index (χ4v) is 2.70. The quantitative estimate of drug-likeness (QED) is 0.907. The average molecular weight is 357 g/mol. The fourth-order valence-electron chi connectivity index (χ4n) is 2.70. The molecule has 0 atom stereocenters. The van der Waals surface area contributed by atoms with E-state index < -0.39 is 0 Å². The maximum atomic E-state index is 12.1. The molecule has 4 rings (SSSR count). The van der Waals surface area contributed by atoms with Crippen LogP contribution in [0.1, 0.15) is 6.42 Å². The molecule has 0 saturated carbocycles. The number of carbonyl (C=O) groups excluding carboxylic acids is 1. The number of nitrogens with one attached hydrogen (secondary N) is 1. The van der Waals surface area contributed by atoms with Crippen molar-refractivity contribution in [2.45, 2.75) is 6.42 Å². The third-order valence-electron chi connectivity index (χ3n) is 3.91. The van der Waals surface area contributed by atoms with Crippen LogP contribution in [0, 0.1) is 0 Å². The summed E-state index contributed by atoms with van der Waals surface area (Å²) in [6.07, 6.45) is 0.833. The van der Waals surface area contributed by atoms with Gasteiger partial charge in [-0.05, 0) is 24.3 Å². The van der Waals surface area contributed by atoms with Gasteiger partial charge < -0.3 is 29.0 Å². The molecule has 1 amide bonds. The molecule has 2 heterocycles. The summed E-state index contributed by atoms with van der Waals surface area (Å²) in [6.45, 7) is 2.14. The minimum absolute atomic E-state index is 0.117. The van der Waals surface area contributed by atoms with Gasteiger partial charge in [-0.25, -0.2) is 0 Å². The van der Waals surface area contributed by atoms with Crippen molar-refractivity contribution in [3.8, 4) is 28.7 Å². The van der Waals surface area contributed by atoms with Gasteiger partial charge in [0.1, 0.15) is 19.0 Å². The molecular formula is C19H19NO6. The van der Waals surface area contributed by atoms with Crippen LogP contribution in [0.5, 0.6) is 28.7 Å². The number of benzene rings is 2. The van der Waals surface area contributed by atoms with Gasteiger partial charge in [-0.3, -0.25) is 4.79 Å². The first-order chi connectivity index (χ1) is 12.8. The van der Waals surface area contributed by atoms with Crippen LogP contribution in [-0.4, -0.2) is 38.9 Å². The molecule has 0 fully saturated rings. The summed E-state index contributed by atoms with van der Waals surface area (Å²) in [5.41, 5.74) is 0.630. The lowest BCUT2D eigenvalue weighted by molar-refractivity contribution is -0.118. The topological polar surface area (TPSA) is 75.3 Å². The number of amides is 1. The Labute approximate surface area is 150 Å². The van der Waals surface area contributed by atoms with Gasteiger partial charge in [-0.15, -0.1) is 0 Å². The van der Waals surface area contributed by atoms with Crippen LogP contribution in [0.25, 0.3) is 0 Å². The monoisotopic (exact) mass is 357 g/mol. The van der Waals surface area contributed by atoms with Gasteiger partial charge in [0.25, 0.3) is 5.91 Å². The van der Waals surface area contributed by atoms with Crippen molar-refractivity contribution in [1.82, 2.24) is 0 Å². The molecule has 2 aromatic rings. The predicted octanol–water partition coefficient (Wildman–Crippen LogP) is 2.64. The lowest BCUT2D eigenvalue weighted by Crippen LogP contribution is -2.20. The van der Waals surface area contributed by atoms with E-state index in [2.05, 4.69) is 5.32 Å². The molecule has 0 aromatic heterocycles. The molecule has 2 aliphatic heterocycles. The molecular weight excluding hydrogens is 338 g/mol. The van der Waals surface area contributed by atoms with E-state index >= 15 is 0 Å². The summed E-state index contributed by atoms with van der Waals surface area (Å²) in [5.74, 6) is 2.90. The van der Waals surface area contributed by atoms with E-state index in [4.69, 9.17) is 23.7 Å². The molecule has 0 bridgehead atoms. The smallest absolute Gasteiger partial charge is 0.262 e. The third-order valence-corrected chi connectivity index (χ3v) is 3.91. The Balaban J connectivity index is 1.35. The molecule has 0 aliphatic carbocycles. The molecule has 2 aliphatic rings. The first kappa shape index (κ1) is 16.4. The molecule has 136 valence electrons. The number of carbonyl (C=O) groups is 1. The minimum atomic E-state index is -0.269. The molecule has 1 N–H and O–H groups in total. The molecule has 0 spiro atoms. The number of hydrogen-bond acceptors (Lipinski definition) is 6. The number of rotatable bonds is 4. The standard InChI is InChI=1S/C19H19NO6/c21-19(12-26-14-3-5-16-18(11-14)25-9-8-24-16)20-13-2-4-15-17(10-13)23-7-1-6-22-15/h2-5,10-11H,1,6-9,12H2,(H,20,21). The summed E-state index contributed by atoms with van der Waals surface area (Å²) in [7, 11) is 0. The Kier molecular flexibility index (Phi) is 4.68. The van der Waals surface area contributed by atoms with Crippen molar-refractivity contribution in [1.29, 1.82) is 0 Å². The van der Waals surface area contributed by atoms with Crippen LogP contribution in [0.2, 0.25) is 0 Å². The van der Waals surface area contributed by atoms with Crippen LogP contribution in [0.3, 0.4) is 0 Å². The highest BCUT2D eigenvalue weighted by Crippen LogP contribution is 2.34.